The molecule has 0 unspecified atom stereocenters. The molecule has 0 aliphatic heterocycles. The van der Waals surface area contributed by atoms with Gasteiger partial charge in [-0.15, -0.1) is 0 Å². The summed E-state index contributed by atoms with van der Waals surface area (Å²) in [6.45, 7) is 0. The van der Waals surface area contributed by atoms with E-state index in [2.05, 4.69) is 9.97 Å². The average molecular weight is 207 g/mol. The van der Waals surface area contributed by atoms with Crippen molar-refractivity contribution in [2.75, 3.05) is 0 Å². The smallest absolute Gasteiger partial charge is 0.270 e. The maximum absolute atomic E-state index is 13.3. The van der Waals surface area contributed by atoms with Crippen molar-refractivity contribution in [3.05, 3.63) is 46.7 Å². The third-order valence-corrected chi connectivity index (χ3v) is 1.95. The molecular weight excluding hydrogens is 201 g/mol. The number of nitro groups is 1. The van der Waals surface area contributed by atoms with Crippen LogP contribution in [-0.4, -0.2) is 14.9 Å². The van der Waals surface area contributed by atoms with Crippen LogP contribution in [0.15, 0.2) is 30.7 Å². The van der Waals surface area contributed by atoms with Crippen molar-refractivity contribution >= 4 is 5.69 Å². The molecule has 1 aromatic heterocycles. The maximum Gasteiger partial charge on any atom is 0.270 e. The van der Waals surface area contributed by atoms with Crippen LogP contribution in [0.5, 0.6) is 0 Å². The second-order valence-corrected chi connectivity index (χ2v) is 2.89. The number of halogens is 1. The molecule has 0 atom stereocenters. The van der Waals surface area contributed by atoms with Crippen LogP contribution in [0.25, 0.3) is 11.3 Å². The van der Waals surface area contributed by atoms with Crippen LogP contribution in [0, 0.1) is 15.9 Å². The predicted octanol–water partition coefficient (Wildman–Crippen LogP) is 2.12. The molecule has 6 heteroatoms. The number of hydrogen-bond acceptors (Lipinski definition) is 3. The third kappa shape index (κ3) is 1.69. The Kier molecular flexibility index (Phi) is 2.17. The molecule has 1 heterocycles. The summed E-state index contributed by atoms with van der Waals surface area (Å²) < 4.78 is 13.3. The molecule has 0 aliphatic rings. The fourth-order valence-electron chi connectivity index (χ4n) is 1.24. The molecule has 15 heavy (non-hydrogen) atoms. The summed E-state index contributed by atoms with van der Waals surface area (Å²) in [4.78, 5) is 16.3. The van der Waals surface area contributed by atoms with Crippen molar-refractivity contribution in [3.8, 4) is 11.3 Å². The number of non-ortho nitro benzene ring substituents is 1. The third-order valence-electron chi connectivity index (χ3n) is 1.95. The first-order chi connectivity index (χ1) is 7.18. The van der Waals surface area contributed by atoms with Crippen molar-refractivity contribution < 1.29 is 9.31 Å². The molecule has 0 aliphatic carbocycles. The second kappa shape index (κ2) is 3.49. The molecule has 2 aromatic rings. The highest BCUT2D eigenvalue weighted by atomic mass is 19.1. The number of rotatable bonds is 2. The Hall–Kier alpha value is -2.24. The monoisotopic (exact) mass is 207 g/mol. The van der Waals surface area contributed by atoms with Gasteiger partial charge in [-0.3, -0.25) is 10.1 Å². The minimum Gasteiger partial charge on any atom is -0.345 e. The number of H-pyrrole nitrogens is 1. The van der Waals surface area contributed by atoms with Crippen LogP contribution in [0.2, 0.25) is 0 Å². The first kappa shape index (κ1) is 9.32. The highest BCUT2D eigenvalue weighted by Gasteiger charge is 2.12. The number of aromatic nitrogens is 2. The Morgan fingerprint density at radius 3 is 2.87 bits per heavy atom. The Morgan fingerprint density at radius 1 is 1.47 bits per heavy atom. The van der Waals surface area contributed by atoms with E-state index in [1.165, 1.54) is 18.6 Å². The van der Waals surface area contributed by atoms with Gasteiger partial charge in [0.1, 0.15) is 5.82 Å². The lowest BCUT2D eigenvalue weighted by molar-refractivity contribution is -0.384. The van der Waals surface area contributed by atoms with Gasteiger partial charge in [0, 0.05) is 17.7 Å². The summed E-state index contributed by atoms with van der Waals surface area (Å²) in [5.74, 6) is -0.523. The molecule has 0 spiro atoms. The van der Waals surface area contributed by atoms with E-state index >= 15 is 0 Å². The molecule has 0 saturated heterocycles. The highest BCUT2D eigenvalue weighted by Crippen LogP contribution is 2.24. The zero-order chi connectivity index (χ0) is 10.8. The second-order valence-electron chi connectivity index (χ2n) is 2.89. The summed E-state index contributed by atoms with van der Waals surface area (Å²) in [5.41, 5.74) is 0.402. The van der Waals surface area contributed by atoms with Crippen LogP contribution in [0.4, 0.5) is 10.1 Å². The Bertz CT molecular complexity index is 496. The van der Waals surface area contributed by atoms with E-state index in [-0.39, 0.29) is 11.3 Å². The Balaban J connectivity index is 2.55. The van der Waals surface area contributed by atoms with Gasteiger partial charge in [0.2, 0.25) is 0 Å². The van der Waals surface area contributed by atoms with Crippen LogP contribution in [-0.2, 0) is 0 Å². The minimum atomic E-state index is -0.570. The zero-order valence-corrected chi connectivity index (χ0v) is 7.48. The molecule has 0 radical (unpaired) electrons. The molecule has 5 nitrogen and oxygen atoms in total. The lowest BCUT2D eigenvalue weighted by Crippen LogP contribution is -1.91. The van der Waals surface area contributed by atoms with Crippen LogP contribution in [0.1, 0.15) is 0 Å². The summed E-state index contributed by atoms with van der Waals surface area (Å²) in [5, 5.41) is 10.5. The van der Waals surface area contributed by atoms with Crippen molar-refractivity contribution in [3.63, 3.8) is 0 Å². The van der Waals surface area contributed by atoms with Gasteiger partial charge in [-0.2, -0.15) is 0 Å². The van der Waals surface area contributed by atoms with Crippen molar-refractivity contribution in [2.45, 2.75) is 0 Å². The predicted molar refractivity (Wildman–Crippen MR) is 50.6 cm³/mol. The standard InChI is InChI=1S/C9H6FN3O2/c10-8-2-1-6(13(14)15)3-7(8)9-4-11-5-12-9/h1-5H,(H,11,12). The summed E-state index contributed by atoms with van der Waals surface area (Å²) in [6, 6.07) is 3.35. The summed E-state index contributed by atoms with van der Waals surface area (Å²) in [7, 11) is 0. The van der Waals surface area contributed by atoms with Gasteiger partial charge in [0.15, 0.2) is 0 Å². The molecule has 1 N–H and O–H groups in total. The number of aromatic amines is 1. The fraction of sp³-hybridized carbons (Fsp3) is 0. The maximum atomic E-state index is 13.3. The van der Waals surface area contributed by atoms with E-state index in [1.807, 2.05) is 0 Å². The molecular formula is C9H6FN3O2. The van der Waals surface area contributed by atoms with Gasteiger partial charge < -0.3 is 4.98 Å². The van der Waals surface area contributed by atoms with Gasteiger partial charge in [-0.1, -0.05) is 0 Å². The SMILES string of the molecule is O=[N+]([O-])c1ccc(F)c(-c2cnc[nH]2)c1. The largest absolute Gasteiger partial charge is 0.345 e. The lowest BCUT2D eigenvalue weighted by atomic mass is 10.1. The first-order valence-corrected chi connectivity index (χ1v) is 4.11. The van der Waals surface area contributed by atoms with E-state index in [9.17, 15) is 14.5 Å². The number of nitrogens with one attached hydrogen (secondary N) is 1. The number of imidazole rings is 1. The lowest BCUT2D eigenvalue weighted by Gasteiger charge is -1.99. The topological polar surface area (TPSA) is 71.8 Å². The van der Waals surface area contributed by atoms with Crippen molar-refractivity contribution in [2.24, 2.45) is 0 Å². The van der Waals surface area contributed by atoms with Crippen molar-refractivity contribution in [1.29, 1.82) is 0 Å². The Labute approximate surface area is 83.7 Å². The van der Waals surface area contributed by atoms with E-state index in [1.54, 1.807) is 0 Å². The number of benzene rings is 1. The minimum absolute atomic E-state index is 0.140. The van der Waals surface area contributed by atoms with Gasteiger partial charge in [-0.05, 0) is 6.07 Å². The molecule has 2 rings (SSSR count). The molecule has 76 valence electrons. The zero-order valence-electron chi connectivity index (χ0n) is 7.48. The van der Waals surface area contributed by atoms with Gasteiger partial charge in [0.25, 0.3) is 5.69 Å². The van der Waals surface area contributed by atoms with Gasteiger partial charge >= 0.3 is 0 Å². The summed E-state index contributed by atoms with van der Waals surface area (Å²) in [6.07, 6.45) is 2.79. The molecule has 0 fully saturated rings. The van der Waals surface area contributed by atoms with E-state index < -0.39 is 10.7 Å². The first-order valence-electron chi connectivity index (χ1n) is 4.11. The molecule has 0 bridgehead atoms. The normalized spacial score (nSPS) is 10.2. The van der Waals surface area contributed by atoms with Gasteiger partial charge in [-0.25, -0.2) is 9.37 Å². The fourth-order valence-corrected chi connectivity index (χ4v) is 1.24. The van der Waals surface area contributed by atoms with Gasteiger partial charge in [0.05, 0.1) is 23.1 Å². The molecule has 0 amide bonds. The Morgan fingerprint density at radius 2 is 2.27 bits per heavy atom. The van der Waals surface area contributed by atoms with Crippen LogP contribution < -0.4 is 0 Å². The molecule has 0 saturated carbocycles. The van der Waals surface area contributed by atoms with E-state index in [0.717, 1.165) is 12.1 Å². The van der Waals surface area contributed by atoms with Crippen LogP contribution in [0.3, 0.4) is 0 Å². The molecule has 1 aromatic carbocycles. The number of hydrogen-bond donors (Lipinski definition) is 1. The number of nitro benzene ring substituents is 1. The highest BCUT2D eigenvalue weighted by molar-refractivity contribution is 5.62. The van der Waals surface area contributed by atoms with Crippen LogP contribution >= 0.6 is 0 Å². The van der Waals surface area contributed by atoms with E-state index in [4.69, 9.17) is 0 Å². The average Bonchev–Trinajstić information content (AvgIpc) is 2.71. The number of nitrogens with zero attached hydrogens (tertiary/aromatic N) is 2. The van der Waals surface area contributed by atoms with Crippen molar-refractivity contribution in [1.82, 2.24) is 9.97 Å². The quantitative estimate of drug-likeness (QED) is 0.605. The van der Waals surface area contributed by atoms with E-state index in [0.29, 0.717) is 5.69 Å². The summed E-state index contributed by atoms with van der Waals surface area (Å²) >= 11 is 0.